The Morgan fingerprint density at radius 3 is 2.69 bits per heavy atom. The van der Waals surface area contributed by atoms with Crippen molar-refractivity contribution in [2.75, 3.05) is 44.2 Å². The van der Waals surface area contributed by atoms with Crippen molar-refractivity contribution in [2.24, 2.45) is 0 Å². The number of carbonyl (C=O) groups excluding carboxylic acids is 1. The smallest absolute Gasteiger partial charge is 0.251 e. The minimum Gasteiger partial charge on any atom is -0.351 e. The second-order valence-corrected chi connectivity index (χ2v) is 10.2. The van der Waals surface area contributed by atoms with Crippen molar-refractivity contribution in [3.63, 3.8) is 0 Å². The van der Waals surface area contributed by atoms with Gasteiger partial charge in [-0.1, -0.05) is 29.0 Å². The summed E-state index contributed by atoms with van der Waals surface area (Å²) in [6.45, 7) is 7.43. The first-order valence-electron chi connectivity index (χ1n) is 11.5. The zero-order chi connectivity index (χ0) is 22.1. The number of aryl methyl sites for hydroxylation is 3. The lowest BCUT2D eigenvalue weighted by Crippen LogP contribution is -2.48. The molecule has 1 aliphatic carbocycles. The third-order valence-electron chi connectivity index (χ3n) is 6.70. The predicted octanol–water partition coefficient (Wildman–Crippen LogP) is 4.69. The highest BCUT2D eigenvalue weighted by Crippen LogP contribution is 2.33. The number of carbonyl (C=O) groups is 1. The van der Waals surface area contributed by atoms with Gasteiger partial charge in [0.15, 0.2) is 5.13 Å². The lowest BCUT2D eigenvalue weighted by Gasteiger charge is -2.34. The monoisotopic (exact) mass is 468 g/mol. The van der Waals surface area contributed by atoms with Crippen LogP contribution in [0.2, 0.25) is 5.02 Å². The van der Waals surface area contributed by atoms with E-state index in [2.05, 4.69) is 33.3 Å². The molecule has 168 valence electrons. The summed E-state index contributed by atoms with van der Waals surface area (Å²) >= 11 is 7.99. The predicted molar refractivity (Wildman–Crippen MR) is 133 cm³/mol. The molecule has 1 fully saturated rings. The van der Waals surface area contributed by atoms with Crippen LogP contribution in [0.4, 0.5) is 5.13 Å². The molecule has 1 amide bonds. The lowest BCUT2D eigenvalue weighted by molar-refractivity contribution is 0.0947. The van der Waals surface area contributed by atoms with E-state index in [-0.39, 0.29) is 5.91 Å². The van der Waals surface area contributed by atoms with Crippen LogP contribution in [0.1, 0.15) is 39.9 Å². The Morgan fingerprint density at radius 1 is 1.09 bits per heavy atom. The number of nitrogens with one attached hydrogen (secondary N) is 1. The number of hydrogen-bond acceptors (Lipinski definition) is 5. The van der Waals surface area contributed by atoms with E-state index in [9.17, 15) is 4.79 Å². The van der Waals surface area contributed by atoms with Gasteiger partial charge in [0, 0.05) is 49.9 Å². The van der Waals surface area contributed by atoms with Crippen LogP contribution in [0, 0.1) is 6.92 Å². The molecule has 0 atom stereocenters. The molecule has 0 unspecified atom stereocenters. The third kappa shape index (κ3) is 4.49. The molecule has 1 aromatic heterocycles. The Labute approximate surface area is 198 Å². The Hall–Kier alpha value is -2.15. The van der Waals surface area contributed by atoms with Crippen molar-refractivity contribution in [1.29, 1.82) is 0 Å². The molecular formula is C25H29ClN4OS. The molecule has 1 aliphatic heterocycles. The van der Waals surface area contributed by atoms with Gasteiger partial charge < -0.3 is 10.2 Å². The number of halogens is 1. The molecular weight excluding hydrogens is 440 g/mol. The zero-order valence-electron chi connectivity index (χ0n) is 18.5. The normalized spacial score (nSPS) is 16.9. The zero-order valence-corrected chi connectivity index (χ0v) is 20.1. The molecule has 0 saturated carbocycles. The fraction of sp³-hybridized carbons (Fsp3) is 0.440. The van der Waals surface area contributed by atoms with Gasteiger partial charge in [0.1, 0.15) is 0 Å². The van der Waals surface area contributed by atoms with Crippen molar-refractivity contribution < 1.29 is 4.79 Å². The molecule has 32 heavy (non-hydrogen) atoms. The summed E-state index contributed by atoms with van der Waals surface area (Å²) in [4.78, 5) is 22.2. The van der Waals surface area contributed by atoms with E-state index >= 15 is 0 Å². The summed E-state index contributed by atoms with van der Waals surface area (Å²) in [5.74, 6) is 0.0421. The van der Waals surface area contributed by atoms with Gasteiger partial charge >= 0.3 is 0 Å². The van der Waals surface area contributed by atoms with Gasteiger partial charge in [0.2, 0.25) is 0 Å². The molecule has 5 rings (SSSR count). The van der Waals surface area contributed by atoms with Crippen molar-refractivity contribution in [3.8, 4) is 0 Å². The van der Waals surface area contributed by atoms with Gasteiger partial charge in [-0.05, 0) is 73.6 Å². The Kier molecular flexibility index (Phi) is 6.35. The molecule has 1 N–H and O–H groups in total. The largest absolute Gasteiger partial charge is 0.351 e. The number of hydrogen-bond donors (Lipinski definition) is 1. The first-order chi connectivity index (χ1) is 15.6. The van der Waals surface area contributed by atoms with Crippen LogP contribution in [0.5, 0.6) is 0 Å². The van der Waals surface area contributed by atoms with Gasteiger partial charge in [-0.15, -0.1) is 0 Å². The Bertz CT molecular complexity index is 1140. The molecule has 0 bridgehead atoms. The third-order valence-corrected chi connectivity index (χ3v) is 8.19. The van der Waals surface area contributed by atoms with E-state index in [0.717, 1.165) is 72.4 Å². The molecule has 0 radical (unpaired) electrons. The van der Waals surface area contributed by atoms with E-state index in [4.69, 9.17) is 16.6 Å². The number of thiazole rings is 1. The number of benzene rings is 2. The van der Waals surface area contributed by atoms with Gasteiger partial charge in [0.25, 0.3) is 5.91 Å². The summed E-state index contributed by atoms with van der Waals surface area (Å²) < 4.78 is 1.19. The van der Waals surface area contributed by atoms with Crippen LogP contribution < -0.4 is 10.2 Å². The summed E-state index contributed by atoms with van der Waals surface area (Å²) in [7, 11) is 0. The molecule has 2 heterocycles. The number of aromatic nitrogens is 1. The van der Waals surface area contributed by atoms with E-state index < -0.39 is 0 Å². The van der Waals surface area contributed by atoms with Gasteiger partial charge in [-0.25, -0.2) is 4.98 Å². The van der Waals surface area contributed by atoms with E-state index in [1.807, 2.05) is 19.1 Å². The number of amides is 1. The van der Waals surface area contributed by atoms with Gasteiger partial charge in [-0.2, -0.15) is 0 Å². The maximum atomic E-state index is 12.6. The van der Waals surface area contributed by atoms with E-state index in [1.54, 1.807) is 11.3 Å². The molecule has 3 aromatic rings. The van der Waals surface area contributed by atoms with Crippen molar-refractivity contribution in [3.05, 3.63) is 57.6 Å². The number of rotatable bonds is 5. The average Bonchev–Trinajstić information content (AvgIpc) is 3.27. The second kappa shape index (κ2) is 9.38. The highest BCUT2D eigenvalue weighted by Gasteiger charge is 2.21. The van der Waals surface area contributed by atoms with E-state index in [0.29, 0.717) is 6.54 Å². The minimum atomic E-state index is 0.0421. The van der Waals surface area contributed by atoms with Crippen LogP contribution in [0.15, 0.2) is 30.3 Å². The summed E-state index contributed by atoms with van der Waals surface area (Å²) in [6.07, 6.45) is 4.74. The molecule has 2 aliphatic rings. The highest BCUT2D eigenvalue weighted by atomic mass is 35.5. The molecule has 0 spiro atoms. The van der Waals surface area contributed by atoms with Crippen LogP contribution in [0.3, 0.4) is 0 Å². The molecule has 2 aromatic carbocycles. The summed E-state index contributed by atoms with van der Waals surface area (Å²) in [5.41, 5.74) is 5.64. The average molecular weight is 469 g/mol. The SMILES string of the molecule is Cc1c(Cl)ccc2sc(N3CCN(CCNC(=O)c4ccc5c(c4)CCCC5)CC3)nc12. The minimum absolute atomic E-state index is 0.0421. The first kappa shape index (κ1) is 21.7. The lowest BCUT2D eigenvalue weighted by atomic mass is 9.90. The fourth-order valence-electron chi connectivity index (χ4n) is 4.69. The molecule has 7 heteroatoms. The summed E-state index contributed by atoms with van der Waals surface area (Å²) in [5, 5.41) is 4.96. The maximum Gasteiger partial charge on any atom is 0.251 e. The Morgan fingerprint density at radius 2 is 1.88 bits per heavy atom. The van der Waals surface area contributed by atoms with Gasteiger partial charge in [-0.3, -0.25) is 9.69 Å². The summed E-state index contributed by atoms with van der Waals surface area (Å²) in [6, 6.07) is 10.2. The standard InChI is InChI=1S/C25H29ClN4OS/c1-17-21(26)8-9-22-23(17)28-25(32-22)30-14-12-29(13-15-30)11-10-27-24(31)20-7-6-18-4-2-3-5-19(18)16-20/h6-9,16H,2-5,10-15H2,1H3,(H,27,31). The number of anilines is 1. The second-order valence-electron chi connectivity index (χ2n) is 8.79. The van der Waals surface area contributed by atoms with Gasteiger partial charge in [0.05, 0.1) is 10.2 Å². The van der Waals surface area contributed by atoms with Crippen molar-refractivity contribution >= 4 is 44.2 Å². The van der Waals surface area contributed by atoms with Crippen molar-refractivity contribution in [1.82, 2.24) is 15.2 Å². The van der Waals surface area contributed by atoms with Crippen LogP contribution in [0.25, 0.3) is 10.2 Å². The topological polar surface area (TPSA) is 48.5 Å². The number of fused-ring (bicyclic) bond motifs is 2. The quantitative estimate of drug-likeness (QED) is 0.590. The van der Waals surface area contributed by atoms with Crippen LogP contribution in [-0.2, 0) is 12.8 Å². The van der Waals surface area contributed by atoms with E-state index in [1.165, 1.54) is 28.7 Å². The Balaban J connectivity index is 1.11. The number of piperazine rings is 1. The first-order valence-corrected chi connectivity index (χ1v) is 12.7. The van der Waals surface area contributed by atoms with Crippen LogP contribution in [-0.4, -0.2) is 55.1 Å². The fourth-order valence-corrected chi connectivity index (χ4v) is 5.92. The number of nitrogens with zero attached hydrogens (tertiary/aromatic N) is 3. The van der Waals surface area contributed by atoms with Crippen LogP contribution >= 0.6 is 22.9 Å². The highest BCUT2D eigenvalue weighted by molar-refractivity contribution is 7.22. The van der Waals surface area contributed by atoms with Crippen molar-refractivity contribution in [2.45, 2.75) is 32.6 Å². The molecule has 1 saturated heterocycles. The molecule has 5 nitrogen and oxygen atoms in total. The maximum absolute atomic E-state index is 12.6.